The molecule has 0 aliphatic rings. The highest BCUT2D eigenvalue weighted by Gasteiger charge is 2.04. The first-order valence-corrected chi connectivity index (χ1v) is 6.03. The Bertz CT molecular complexity index is 342. The molecule has 1 atom stereocenters. The minimum absolute atomic E-state index is 0.0868. The number of amides is 1. The molecule has 0 saturated heterocycles. The summed E-state index contributed by atoms with van der Waals surface area (Å²) in [5, 5.41) is 12.6. The topological polar surface area (TPSA) is 107 Å². The molecule has 1 aromatic heterocycles. The van der Waals surface area contributed by atoms with Crippen LogP contribution in [0.25, 0.3) is 0 Å². The molecule has 0 fully saturated rings. The van der Waals surface area contributed by atoms with Crippen molar-refractivity contribution >= 4 is 5.91 Å². The van der Waals surface area contributed by atoms with E-state index in [-0.39, 0.29) is 13.2 Å². The maximum Gasteiger partial charge on any atom is 0.243 e. The number of ether oxygens (including phenoxy) is 2. The maximum atomic E-state index is 10.4. The zero-order valence-electron chi connectivity index (χ0n) is 10.7. The molecule has 1 heterocycles. The Balaban J connectivity index is 1.90. The Hall–Kier alpha value is -1.41. The highest BCUT2D eigenvalue weighted by Crippen LogP contribution is 2.01. The van der Waals surface area contributed by atoms with Gasteiger partial charge in [0, 0.05) is 13.1 Å². The van der Waals surface area contributed by atoms with Gasteiger partial charge in [-0.1, -0.05) is 0 Å². The summed E-state index contributed by atoms with van der Waals surface area (Å²) in [5.74, 6) is 0.228. The van der Waals surface area contributed by atoms with E-state index in [0.717, 1.165) is 5.76 Å². The second-order valence-electron chi connectivity index (χ2n) is 3.97. The summed E-state index contributed by atoms with van der Waals surface area (Å²) < 4.78 is 15.3. The van der Waals surface area contributed by atoms with E-state index in [1.165, 1.54) is 0 Å². The van der Waals surface area contributed by atoms with E-state index in [1.54, 1.807) is 18.4 Å². The molecule has 108 valence electrons. The van der Waals surface area contributed by atoms with Gasteiger partial charge in [-0.05, 0) is 12.1 Å². The van der Waals surface area contributed by atoms with E-state index in [2.05, 4.69) is 5.32 Å². The van der Waals surface area contributed by atoms with Gasteiger partial charge in [-0.2, -0.15) is 0 Å². The Labute approximate surface area is 111 Å². The molecular weight excluding hydrogens is 252 g/mol. The van der Waals surface area contributed by atoms with Gasteiger partial charge in [0.25, 0.3) is 0 Å². The minimum Gasteiger partial charge on any atom is -0.467 e. The van der Waals surface area contributed by atoms with E-state index in [1.807, 2.05) is 0 Å². The molecule has 0 spiro atoms. The zero-order valence-corrected chi connectivity index (χ0v) is 10.7. The van der Waals surface area contributed by atoms with Gasteiger partial charge in [-0.15, -0.1) is 0 Å². The first kappa shape index (κ1) is 15.6. The summed E-state index contributed by atoms with van der Waals surface area (Å²) in [6.45, 7) is 1.75. The molecule has 1 rings (SSSR count). The van der Waals surface area contributed by atoms with Crippen molar-refractivity contribution in [1.29, 1.82) is 0 Å². The number of aliphatic hydroxyl groups excluding tert-OH is 1. The highest BCUT2D eigenvalue weighted by molar-refractivity contribution is 5.74. The smallest absolute Gasteiger partial charge is 0.243 e. The van der Waals surface area contributed by atoms with E-state index in [0.29, 0.717) is 26.3 Å². The van der Waals surface area contributed by atoms with E-state index < -0.39 is 12.0 Å². The van der Waals surface area contributed by atoms with Crippen LogP contribution in [0.5, 0.6) is 0 Å². The van der Waals surface area contributed by atoms with Crippen molar-refractivity contribution in [3.8, 4) is 0 Å². The van der Waals surface area contributed by atoms with Gasteiger partial charge in [0.2, 0.25) is 5.91 Å². The molecule has 7 heteroatoms. The summed E-state index contributed by atoms with van der Waals surface area (Å²) in [7, 11) is 0. The third-order valence-corrected chi connectivity index (χ3v) is 2.18. The van der Waals surface area contributed by atoms with Crippen LogP contribution in [-0.2, 0) is 20.9 Å². The predicted octanol–water partition coefficient (Wildman–Crippen LogP) is -0.751. The Morgan fingerprint density at radius 1 is 1.53 bits per heavy atom. The standard InChI is InChI=1S/C12H20N2O5/c13-12(16)9-17-5-3-14-6-10(15)7-18-8-11-2-1-4-19-11/h1-2,4,10,14-15H,3,5-9H2,(H2,13,16). The third kappa shape index (κ3) is 8.33. The monoisotopic (exact) mass is 272 g/mol. The molecule has 0 bridgehead atoms. The molecule has 19 heavy (non-hydrogen) atoms. The number of nitrogens with two attached hydrogens (primary N) is 1. The van der Waals surface area contributed by atoms with Gasteiger partial charge < -0.3 is 30.0 Å². The summed E-state index contributed by atoms with van der Waals surface area (Å²) in [4.78, 5) is 10.4. The highest BCUT2D eigenvalue weighted by atomic mass is 16.5. The molecule has 0 aliphatic carbocycles. The number of hydrogen-bond donors (Lipinski definition) is 3. The van der Waals surface area contributed by atoms with Crippen molar-refractivity contribution in [1.82, 2.24) is 5.32 Å². The number of aliphatic hydroxyl groups is 1. The average molecular weight is 272 g/mol. The van der Waals surface area contributed by atoms with Crippen LogP contribution in [-0.4, -0.2) is 50.0 Å². The number of nitrogens with one attached hydrogen (secondary N) is 1. The number of primary amides is 1. The van der Waals surface area contributed by atoms with Crippen molar-refractivity contribution in [3.05, 3.63) is 24.2 Å². The van der Waals surface area contributed by atoms with Crippen LogP contribution in [0, 0.1) is 0 Å². The van der Waals surface area contributed by atoms with Crippen molar-refractivity contribution in [3.63, 3.8) is 0 Å². The molecule has 7 nitrogen and oxygen atoms in total. The van der Waals surface area contributed by atoms with Crippen LogP contribution in [0.1, 0.15) is 5.76 Å². The Morgan fingerprint density at radius 3 is 3.05 bits per heavy atom. The molecule has 0 radical (unpaired) electrons. The molecule has 1 amide bonds. The molecule has 0 aromatic carbocycles. The van der Waals surface area contributed by atoms with Gasteiger partial charge >= 0.3 is 0 Å². The number of carbonyl (C=O) groups is 1. The van der Waals surface area contributed by atoms with Crippen LogP contribution in [0.15, 0.2) is 22.8 Å². The fourth-order valence-corrected chi connectivity index (χ4v) is 1.33. The van der Waals surface area contributed by atoms with Crippen LogP contribution in [0.2, 0.25) is 0 Å². The van der Waals surface area contributed by atoms with Gasteiger partial charge in [-0.25, -0.2) is 0 Å². The average Bonchev–Trinajstić information content (AvgIpc) is 2.86. The third-order valence-electron chi connectivity index (χ3n) is 2.18. The fraction of sp³-hybridized carbons (Fsp3) is 0.583. The number of carbonyl (C=O) groups excluding carboxylic acids is 1. The second kappa shape index (κ2) is 9.51. The van der Waals surface area contributed by atoms with Crippen LogP contribution in [0.4, 0.5) is 0 Å². The van der Waals surface area contributed by atoms with Crippen molar-refractivity contribution in [2.75, 3.05) is 32.9 Å². The number of rotatable bonds is 11. The Morgan fingerprint density at radius 2 is 2.37 bits per heavy atom. The van der Waals surface area contributed by atoms with Gasteiger partial charge in [0.1, 0.15) is 19.0 Å². The minimum atomic E-state index is -0.605. The molecule has 1 aromatic rings. The molecule has 4 N–H and O–H groups in total. The number of furan rings is 1. The van der Waals surface area contributed by atoms with E-state index >= 15 is 0 Å². The lowest BCUT2D eigenvalue weighted by Gasteiger charge is -2.11. The first-order valence-electron chi connectivity index (χ1n) is 6.03. The van der Waals surface area contributed by atoms with Crippen molar-refractivity contribution < 1.29 is 23.8 Å². The SMILES string of the molecule is NC(=O)COCCNCC(O)COCc1ccco1. The van der Waals surface area contributed by atoms with Gasteiger partial charge in [0.15, 0.2) is 0 Å². The molecule has 1 unspecified atom stereocenters. The first-order chi connectivity index (χ1) is 9.18. The normalized spacial score (nSPS) is 12.5. The van der Waals surface area contributed by atoms with Gasteiger partial charge in [0.05, 0.1) is 25.6 Å². The summed E-state index contributed by atoms with van der Waals surface area (Å²) >= 11 is 0. The Kier molecular flexibility index (Phi) is 7.83. The quantitative estimate of drug-likeness (QED) is 0.457. The largest absolute Gasteiger partial charge is 0.467 e. The van der Waals surface area contributed by atoms with Gasteiger partial charge in [-0.3, -0.25) is 4.79 Å². The molecule has 0 saturated carbocycles. The fourth-order valence-electron chi connectivity index (χ4n) is 1.33. The van der Waals surface area contributed by atoms with Crippen molar-refractivity contribution in [2.24, 2.45) is 5.73 Å². The second-order valence-corrected chi connectivity index (χ2v) is 3.97. The summed E-state index contributed by atoms with van der Waals surface area (Å²) in [6, 6.07) is 3.59. The van der Waals surface area contributed by atoms with Crippen molar-refractivity contribution in [2.45, 2.75) is 12.7 Å². The number of hydrogen-bond acceptors (Lipinski definition) is 6. The lowest BCUT2D eigenvalue weighted by atomic mass is 10.3. The maximum absolute atomic E-state index is 10.4. The summed E-state index contributed by atoms with van der Waals surface area (Å²) in [6.07, 6.45) is 0.967. The van der Waals surface area contributed by atoms with Crippen LogP contribution in [0.3, 0.4) is 0 Å². The van der Waals surface area contributed by atoms with E-state index in [9.17, 15) is 9.90 Å². The zero-order chi connectivity index (χ0) is 13.9. The summed E-state index contributed by atoms with van der Waals surface area (Å²) in [5.41, 5.74) is 4.90. The lowest BCUT2D eigenvalue weighted by molar-refractivity contribution is -0.122. The van der Waals surface area contributed by atoms with Crippen LogP contribution < -0.4 is 11.1 Å². The predicted molar refractivity (Wildman–Crippen MR) is 67.3 cm³/mol. The van der Waals surface area contributed by atoms with E-state index in [4.69, 9.17) is 19.6 Å². The molecular formula is C12H20N2O5. The van der Waals surface area contributed by atoms with Crippen LogP contribution >= 0.6 is 0 Å². The lowest BCUT2D eigenvalue weighted by Crippen LogP contribution is -2.33. The molecule has 0 aliphatic heterocycles.